The zero-order chi connectivity index (χ0) is 14.8. The van der Waals surface area contributed by atoms with Gasteiger partial charge in [0.15, 0.2) is 0 Å². The molecule has 0 saturated heterocycles. The van der Waals surface area contributed by atoms with Crippen LogP contribution in [0.2, 0.25) is 0 Å². The van der Waals surface area contributed by atoms with Crippen molar-refractivity contribution in [2.24, 2.45) is 0 Å². The zero-order valence-corrected chi connectivity index (χ0v) is 11.4. The Bertz CT molecular complexity index is 673. The number of halogens is 1. The molecule has 0 radical (unpaired) electrons. The monoisotopic (exact) mass is 287 g/mol. The average molecular weight is 287 g/mol. The van der Waals surface area contributed by atoms with Crippen LogP contribution >= 0.6 is 0 Å². The maximum atomic E-state index is 13.1. The van der Waals surface area contributed by atoms with Crippen molar-refractivity contribution in [2.45, 2.75) is 12.6 Å². The van der Waals surface area contributed by atoms with Gasteiger partial charge in [-0.05, 0) is 17.7 Å². The Morgan fingerprint density at radius 3 is 2.95 bits per heavy atom. The van der Waals surface area contributed by atoms with Crippen molar-refractivity contribution in [3.63, 3.8) is 0 Å². The van der Waals surface area contributed by atoms with Gasteiger partial charge < -0.3 is 10.1 Å². The molecule has 1 aliphatic heterocycles. The van der Waals surface area contributed by atoms with E-state index < -0.39 is 6.04 Å². The number of carbonyl (C=O) groups excluding carboxylic acids is 1. The van der Waals surface area contributed by atoms with Gasteiger partial charge in [0.1, 0.15) is 11.9 Å². The number of pyridine rings is 1. The van der Waals surface area contributed by atoms with E-state index in [1.807, 2.05) is 6.07 Å². The number of rotatable bonds is 4. The zero-order valence-electron chi connectivity index (χ0n) is 11.4. The van der Waals surface area contributed by atoms with Crippen molar-refractivity contribution in [2.75, 3.05) is 12.4 Å². The number of nitrogens with one attached hydrogen (secondary N) is 2. The van der Waals surface area contributed by atoms with Crippen molar-refractivity contribution >= 4 is 11.6 Å². The fraction of sp³-hybridized carbons (Fsp3) is 0.200. The van der Waals surface area contributed by atoms with Crippen molar-refractivity contribution in [3.05, 3.63) is 53.5 Å². The van der Waals surface area contributed by atoms with Crippen molar-refractivity contribution in [3.8, 4) is 5.88 Å². The number of fused-ring (bicyclic) bond motifs is 1. The molecule has 2 aromatic rings. The normalized spacial score (nSPS) is 16.5. The lowest BCUT2D eigenvalue weighted by molar-refractivity contribution is -0.117. The molecule has 2 N–H and O–H groups in total. The largest absolute Gasteiger partial charge is 0.481 e. The summed E-state index contributed by atoms with van der Waals surface area (Å²) in [5, 5.41) is 5.81. The van der Waals surface area contributed by atoms with E-state index >= 15 is 0 Å². The molecule has 1 aromatic carbocycles. The summed E-state index contributed by atoms with van der Waals surface area (Å²) in [5.41, 5.74) is 2.20. The Hall–Kier alpha value is -2.47. The third kappa shape index (κ3) is 2.71. The number of nitrogens with zero attached hydrogens (tertiary/aromatic N) is 1. The predicted molar refractivity (Wildman–Crippen MR) is 75.4 cm³/mol. The smallest absolute Gasteiger partial charge is 0.246 e. The summed E-state index contributed by atoms with van der Waals surface area (Å²) >= 11 is 0. The minimum atomic E-state index is -0.484. The van der Waals surface area contributed by atoms with Crippen LogP contribution in [0.5, 0.6) is 5.88 Å². The van der Waals surface area contributed by atoms with Gasteiger partial charge in [0.25, 0.3) is 0 Å². The van der Waals surface area contributed by atoms with Gasteiger partial charge in [-0.15, -0.1) is 0 Å². The Balaban J connectivity index is 1.72. The molecule has 6 heteroatoms. The highest BCUT2D eigenvalue weighted by atomic mass is 19.1. The standard InChI is InChI=1S/C15H14FN3O2/c1-21-13-5-2-9(7-17-13)8-18-14-11-4-3-10(16)6-12(11)19-15(14)20/h2-7,14,18H,8H2,1H3,(H,19,20). The molecule has 0 spiro atoms. The summed E-state index contributed by atoms with van der Waals surface area (Å²) in [7, 11) is 1.55. The van der Waals surface area contributed by atoms with Crippen LogP contribution in [0.25, 0.3) is 0 Å². The van der Waals surface area contributed by atoms with Crippen molar-refractivity contribution < 1.29 is 13.9 Å². The summed E-state index contributed by atoms with van der Waals surface area (Å²) in [6, 6.07) is 7.44. The number of anilines is 1. The Morgan fingerprint density at radius 2 is 2.24 bits per heavy atom. The van der Waals surface area contributed by atoms with Gasteiger partial charge in [0.05, 0.1) is 7.11 Å². The number of ether oxygens (including phenoxy) is 1. The van der Waals surface area contributed by atoms with Gasteiger partial charge in [-0.25, -0.2) is 9.37 Å². The number of aromatic nitrogens is 1. The van der Waals surface area contributed by atoms with Crippen LogP contribution in [0.1, 0.15) is 17.2 Å². The number of amides is 1. The van der Waals surface area contributed by atoms with Crippen LogP contribution < -0.4 is 15.4 Å². The molecular formula is C15H14FN3O2. The molecule has 0 fully saturated rings. The average Bonchev–Trinajstić information content (AvgIpc) is 2.80. The summed E-state index contributed by atoms with van der Waals surface area (Å²) < 4.78 is 18.1. The van der Waals surface area contributed by atoms with E-state index in [1.165, 1.54) is 12.1 Å². The number of carbonyl (C=O) groups is 1. The van der Waals surface area contributed by atoms with Gasteiger partial charge >= 0.3 is 0 Å². The highest BCUT2D eigenvalue weighted by Gasteiger charge is 2.30. The molecule has 2 heterocycles. The molecule has 3 rings (SSSR count). The molecule has 0 aliphatic carbocycles. The minimum Gasteiger partial charge on any atom is -0.481 e. The molecule has 1 aliphatic rings. The topological polar surface area (TPSA) is 63.2 Å². The fourth-order valence-electron chi connectivity index (χ4n) is 2.29. The van der Waals surface area contributed by atoms with E-state index in [9.17, 15) is 9.18 Å². The first-order valence-corrected chi connectivity index (χ1v) is 6.50. The van der Waals surface area contributed by atoms with Crippen LogP contribution in [0.4, 0.5) is 10.1 Å². The lowest BCUT2D eigenvalue weighted by atomic mass is 10.1. The van der Waals surface area contributed by atoms with Gasteiger partial charge in [-0.2, -0.15) is 0 Å². The van der Waals surface area contributed by atoms with E-state index in [2.05, 4.69) is 15.6 Å². The molecule has 1 aromatic heterocycles. The highest BCUT2D eigenvalue weighted by molar-refractivity contribution is 6.02. The van der Waals surface area contributed by atoms with Gasteiger partial charge in [0, 0.05) is 30.1 Å². The lowest BCUT2D eigenvalue weighted by Gasteiger charge is -2.11. The second-order valence-electron chi connectivity index (χ2n) is 4.74. The van der Waals surface area contributed by atoms with E-state index in [0.29, 0.717) is 18.1 Å². The number of hydrogen-bond acceptors (Lipinski definition) is 4. The fourth-order valence-corrected chi connectivity index (χ4v) is 2.29. The molecule has 1 unspecified atom stereocenters. The third-order valence-corrected chi connectivity index (χ3v) is 3.36. The first-order valence-electron chi connectivity index (χ1n) is 6.50. The van der Waals surface area contributed by atoms with Crippen molar-refractivity contribution in [1.29, 1.82) is 0 Å². The third-order valence-electron chi connectivity index (χ3n) is 3.36. The van der Waals surface area contributed by atoms with Crippen LogP contribution in [-0.4, -0.2) is 18.0 Å². The lowest BCUT2D eigenvalue weighted by Crippen LogP contribution is -2.27. The molecule has 5 nitrogen and oxygen atoms in total. The summed E-state index contributed by atoms with van der Waals surface area (Å²) in [4.78, 5) is 16.0. The summed E-state index contributed by atoms with van der Waals surface area (Å²) in [6.07, 6.45) is 1.68. The maximum Gasteiger partial charge on any atom is 0.246 e. The van der Waals surface area contributed by atoms with E-state index in [1.54, 1.807) is 25.4 Å². The second-order valence-corrected chi connectivity index (χ2v) is 4.74. The predicted octanol–water partition coefficient (Wildman–Crippen LogP) is 2.01. The SMILES string of the molecule is COc1ccc(CNC2C(=O)Nc3cc(F)ccc32)cn1. The van der Waals surface area contributed by atoms with E-state index in [-0.39, 0.29) is 11.7 Å². The van der Waals surface area contributed by atoms with Gasteiger partial charge in [-0.3, -0.25) is 10.1 Å². The first-order chi connectivity index (χ1) is 10.2. The minimum absolute atomic E-state index is 0.183. The molecule has 108 valence electrons. The Kier molecular flexibility index (Phi) is 3.53. The van der Waals surface area contributed by atoms with Crippen LogP contribution in [0, 0.1) is 5.82 Å². The van der Waals surface area contributed by atoms with Gasteiger partial charge in [0.2, 0.25) is 11.8 Å². The quantitative estimate of drug-likeness (QED) is 0.903. The van der Waals surface area contributed by atoms with Crippen molar-refractivity contribution in [1.82, 2.24) is 10.3 Å². The van der Waals surface area contributed by atoms with Gasteiger partial charge in [-0.1, -0.05) is 12.1 Å². The molecule has 0 saturated carbocycles. The maximum absolute atomic E-state index is 13.1. The molecular weight excluding hydrogens is 273 g/mol. The van der Waals surface area contributed by atoms with Crippen LogP contribution in [0.3, 0.4) is 0 Å². The second kappa shape index (κ2) is 5.49. The Labute approximate surface area is 121 Å². The summed E-state index contributed by atoms with van der Waals surface area (Å²) in [6.45, 7) is 0.478. The molecule has 0 bridgehead atoms. The number of hydrogen-bond donors (Lipinski definition) is 2. The van der Waals surface area contributed by atoms with Crippen LogP contribution in [0.15, 0.2) is 36.5 Å². The molecule has 1 amide bonds. The molecule has 21 heavy (non-hydrogen) atoms. The first kappa shape index (κ1) is 13.5. The van der Waals surface area contributed by atoms with E-state index in [4.69, 9.17) is 4.74 Å². The van der Waals surface area contributed by atoms with E-state index in [0.717, 1.165) is 11.1 Å². The summed E-state index contributed by atoms with van der Waals surface area (Å²) in [5.74, 6) is -0.00990. The number of methoxy groups -OCH3 is 1. The van der Waals surface area contributed by atoms with Crippen LogP contribution in [-0.2, 0) is 11.3 Å². The number of benzene rings is 1. The Morgan fingerprint density at radius 1 is 1.38 bits per heavy atom. The molecule has 1 atom stereocenters. The highest BCUT2D eigenvalue weighted by Crippen LogP contribution is 2.31.